The first-order chi connectivity index (χ1) is 15.5. The number of para-hydroxylation sites is 2. The van der Waals surface area contributed by atoms with Crippen LogP contribution >= 0.6 is 0 Å². The van der Waals surface area contributed by atoms with Crippen LogP contribution < -0.4 is 10.9 Å². The van der Waals surface area contributed by atoms with E-state index in [2.05, 4.69) is 10.3 Å². The molecule has 158 valence electrons. The zero-order valence-electron chi connectivity index (χ0n) is 16.6. The first kappa shape index (κ1) is 19.6. The third-order valence-corrected chi connectivity index (χ3v) is 5.13. The summed E-state index contributed by atoms with van der Waals surface area (Å²) in [6, 6.07) is 20.7. The number of hydrogen-bond donors (Lipinski definition) is 1. The molecule has 0 fully saturated rings. The van der Waals surface area contributed by atoms with E-state index < -0.39 is 17.5 Å². The molecule has 3 aromatic carbocycles. The van der Waals surface area contributed by atoms with E-state index in [0.29, 0.717) is 22.8 Å². The van der Waals surface area contributed by atoms with Gasteiger partial charge in [-0.15, -0.1) is 0 Å². The molecule has 1 amide bonds. The second kappa shape index (κ2) is 7.73. The van der Waals surface area contributed by atoms with Crippen LogP contribution in [0.3, 0.4) is 0 Å². The Kier molecular flexibility index (Phi) is 4.74. The predicted octanol–water partition coefficient (Wildman–Crippen LogP) is 4.23. The Morgan fingerprint density at radius 2 is 1.62 bits per heavy atom. The van der Waals surface area contributed by atoms with E-state index in [9.17, 15) is 18.4 Å². The minimum Gasteiger partial charge on any atom is -0.322 e. The van der Waals surface area contributed by atoms with Crippen LogP contribution in [0.5, 0.6) is 0 Å². The van der Waals surface area contributed by atoms with E-state index in [0.717, 1.165) is 17.7 Å². The highest BCUT2D eigenvalue weighted by molar-refractivity contribution is 5.93. The zero-order chi connectivity index (χ0) is 22.2. The summed E-state index contributed by atoms with van der Waals surface area (Å²) >= 11 is 0. The molecule has 0 unspecified atom stereocenters. The molecular formula is C24H16F2N4O2. The molecule has 0 spiro atoms. The maximum Gasteiger partial charge on any atom is 0.260 e. The molecule has 5 rings (SSSR count). The van der Waals surface area contributed by atoms with E-state index in [1.807, 2.05) is 30.3 Å². The van der Waals surface area contributed by atoms with Crippen molar-refractivity contribution in [3.63, 3.8) is 0 Å². The lowest BCUT2D eigenvalue weighted by molar-refractivity contribution is -0.116. The lowest BCUT2D eigenvalue weighted by Crippen LogP contribution is -2.21. The Balaban J connectivity index is 1.63. The van der Waals surface area contributed by atoms with E-state index in [1.165, 1.54) is 10.5 Å². The lowest BCUT2D eigenvalue weighted by atomic mass is 10.1. The topological polar surface area (TPSA) is 68.4 Å². The molecule has 0 bridgehead atoms. The highest BCUT2D eigenvalue weighted by Crippen LogP contribution is 2.22. The molecule has 0 aliphatic carbocycles. The predicted molar refractivity (Wildman–Crippen MR) is 117 cm³/mol. The van der Waals surface area contributed by atoms with Crippen molar-refractivity contribution in [1.29, 1.82) is 0 Å². The van der Waals surface area contributed by atoms with Gasteiger partial charge in [0.1, 0.15) is 18.2 Å². The van der Waals surface area contributed by atoms with Crippen molar-refractivity contribution in [3.8, 4) is 11.3 Å². The summed E-state index contributed by atoms with van der Waals surface area (Å²) in [5.41, 5.74) is 2.05. The number of benzene rings is 3. The number of amides is 1. The standard InChI is InChI=1S/C24H16F2N4O2/c25-16-10-11-18(17(26)12-16)27-22(31)14-29-20-8-4-5-9-21(20)30-23(32)13-19(28-24(29)30)15-6-2-1-3-7-15/h1-13H,14H2,(H,27,31). The number of anilines is 1. The molecule has 0 atom stereocenters. The second-order valence-electron chi connectivity index (χ2n) is 7.23. The van der Waals surface area contributed by atoms with Crippen LogP contribution in [-0.4, -0.2) is 19.9 Å². The van der Waals surface area contributed by atoms with E-state index in [4.69, 9.17) is 0 Å². The summed E-state index contributed by atoms with van der Waals surface area (Å²) in [4.78, 5) is 30.4. The second-order valence-corrected chi connectivity index (χ2v) is 7.23. The summed E-state index contributed by atoms with van der Waals surface area (Å²) in [6.07, 6.45) is 0. The molecule has 0 saturated carbocycles. The van der Waals surface area contributed by atoms with Crippen LogP contribution in [0.15, 0.2) is 83.7 Å². The van der Waals surface area contributed by atoms with Gasteiger partial charge in [0, 0.05) is 17.7 Å². The van der Waals surface area contributed by atoms with Crippen LogP contribution in [0.2, 0.25) is 0 Å². The van der Waals surface area contributed by atoms with Crippen LogP contribution in [-0.2, 0) is 11.3 Å². The molecule has 0 aliphatic heterocycles. The minimum atomic E-state index is -0.874. The largest absolute Gasteiger partial charge is 0.322 e. The number of rotatable bonds is 4. The average molecular weight is 430 g/mol. The van der Waals surface area contributed by atoms with Crippen LogP contribution in [0.4, 0.5) is 14.5 Å². The third kappa shape index (κ3) is 3.41. The fraction of sp³-hybridized carbons (Fsp3) is 0.0417. The quantitative estimate of drug-likeness (QED) is 0.464. The molecule has 1 N–H and O–H groups in total. The Labute approximate surface area is 180 Å². The maximum atomic E-state index is 14.0. The van der Waals surface area contributed by atoms with Gasteiger partial charge in [0.15, 0.2) is 0 Å². The van der Waals surface area contributed by atoms with Crippen molar-refractivity contribution in [3.05, 3.63) is 101 Å². The molecule has 5 aromatic rings. The van der Waals surface area contributed by atoms with Crippen molar-refractivity contribution in [2.24, 2.45) is 0 Å². The van der Waals surface area contributed by atoms with Crippen LogP contribution in [0.1, 0.15) is 0 Å². The summed E-state index contributed by atoms with van der Waals surface area (Å²) in [6.45, 7) is -0.224. The van der Waals surface area contributed by atoms with Gasteiger partial charge in [-0.3, -0.25) is 9.59 Å². The van der Waals surface area contributed by atoms with Gasteiger partial charge in [-0.05, 0) is 24.3 Å². The Hall–Kier alpha value is -4.33. The van der Waals surface area contributed by atoms with E-state index in [-0.39, 0.29) is 23.6 Å². The third-order valence-electron chi connectivity index (χ3n) is 5.13. The zero-order valence-corrected chi connectivity index (χ0v) is 16.6. The molecule has 0 radical (unpaired) electrons. The highest BCUT2D eigenvalue weighted by atomic mass is 19.1. The van der Waals surface area contributed by atoms with Gasteiger partial charge in [-0.1, -0.05) is 42.5 Å². The van der Waals surface area contributed by atoms with Gasteiger partial charge in [0.05, 0.1) is 22.4 Å². The molecule has 0 aliphatic rings. The molecule has 8 heteroatoms. The molecular weight excluding hydrogens is 414 g/mol. The highest BCUT2D eigenvalue weighted by Gasteiger charge is 2.18. The normalized spacial score (nSPS) is 11.2. The minimum absolute atomic E-state index is 0.132. The summed E-state index contributed by atoms with van der Waals surface area (Å²) in [7, 11) is 0. The van der Waals surface area contributed by atoms with Gasteiger partial charge in [0.2, 0.25) is 11.7 Å². The van der Waals surface area contributed by atoms with Gasteiger partial charge in [-0.2, -0.15) is 0 Å². The fourth-order valence-corrected chi connectivity index (χ4v) is 3.70. The first-order valence-corrected chi connectivity index (χ1v) is 9.82. The number of halogens is 2. The number of fused-ring (bicyclic) bond motifs is 3. The SMILES string of the molecule is O=C(Cn1c2ccccc2n2c(=O)cc(-c3ccccc3)nc12)Nc1ccc(F)cc1F. The smallest absolute Gasteiger partial charge is 0.260 e. The van der Waals surface area contributed by atoms with E-state index in [1.54, 1.807) is 28.8 Å². The number of hydrogen-bond acceptors (Lipinski definition) is 3. The number of nitrogens with one attached hydrogen (secondary N) is 1. The van der Waals surface area contributed by atoms with E-state index >= 15 is 0 Å². The van der Waals surface area contributed by atoms with Crippen molar-refractivity contribution < 1.29 is 13.6 Å². The summed E-state index contributed by atoms with van der Waals surface area (Å²) in [5.74, 6) is -1.87. The molecule has 6 nitrogen and oxygen atoms in total. The van der Waals surface area contributed by atoms with Crippen LogP contribution in [0.25, 0.3) is 28.1 Å². The number of aromatic nitrogens is 3. The number of imidazole rings is 1. The van der Waals surface area contributed by atoms with Crippen molar-refractivity contribution in [2.45, 2.75) is 6.54 Å². The molecule has 0 saturated heterocycles. The first-order valence-electron chi connectivity index (χ1n) is 9.82. The summed E-state index contributed by atoms with van der Waals surface area (Å²) in [5, 5.41) is 2.45. The monoisotopic (exact) mass is 430 g/mol. The van der Waals surface area contributed by atoms with Gasteiger partial charge in [0.25, 0.3) is 5.56 Å². The Morgan fingerprint density at radius 3 is 2.38 bits per heavy atom. The Bertz CT molecular complexity index is 1540. The van der Waals surface area contributed by atoms with Gasteiger partial charge >= 0.3 is 0 Å². The number of carbonyl (C=O) groups is 1. The van der Waals surface area contributed by atoms with Crippen molar-refractivity contribution >= 4 is 28.4 Å². The number of nitrogens with zero attached hydrogens (tertiary/aromatic N) is 3. The van der Waals surface area contributed by atoms with Crippen molar-refractivity contribution in [1.82, 2.24) is 14.0 Å². The average Bonchev–Trinajstić information content (AvgIpc) is 3.10. The van der Waals surface area contributed by atoms with Crippen molar-refractivity contribution in [2.75, 3.05) is 5.32 Å². The Morgan fingerprint density at radius 1 is 0.906 bits per heavy atom. The maximum absolute atomic E-state index is 14.0. The summed E-state index contributed by atoms with van der Waals surface area (Å²) < 4.78 is 30.2. The van der Waals surface area contributed by atoms with Gasteiger partial charge in [-0.25, -0.2) is 18.2 Å². The van der Waals surface area contributed by atoms with Crippen LogP contribution in [0, 0.1) is 11.6 Å². The molecule has 2 aromatic heterocycles. The molecule has 2 heterocycles. The number of carbonyl (C=O) groups excluding carboxylic acids is 1. The van der Waals surface area contributed by atoms with Gasteiger partial charge < -0.3 is 9.88 Å². The fourth-order valence-electron chi connectivity index (χ4n) is 3.70. The lowest BCUT2D eigenvalue weighted by Gasteiger charge is -2.09. The molecule has 32 heavy (non-hydrogen) atoms.